The number of sulfonamides is 1. The molecule has 208 valence electrons. The minimum atomic E-state index is -3.80. The van der Waals surface area contributed by atoms with Crippen LogP contribution in [-0.2, 0) is 32.6 Å². The standard InChI is InChI=1S/C31H39N3O4S/c1-22(2)32-31(36)29(19-26-12-8-7-9-13-26)33(20-27-14-10-11-23(3)16-27)30(35)21-34(39(6,37)38)28-17-24(4)15-25(5)18-28/h7-18,22,29H,19-21H2,1-6H3,(H,32,36). The first-order valence-corrected chi connectivity index (χ1v) is 14.9. The zero-order valence-corrected chi connectivity index (χ0v) is 24.5. The molecule has 1 atom stereocenters. The molecule has 3 rings (SSSR count). The maximum Gasteiger partial charge on any atom is 0.244 e. The van der Waals surface area contributed by atoms with Gasteiger partial charge in [-0.2, -0.15) is 0 Å². The molecule has 3 aromatic rings. The lowest BCUT2D eigenvalue weighted by atomic mass is 10.0. The number of anilines is 1. The summed E-state index contributed by atoms with van der Waals surface area (Å²) in [5.41, 5.74) is 4.99. The highest BCUT2D eigenvalue weighted by atomic mass is 32.2. The first-order valence-electron chi connectivity index (χ1n) is 13.1. The van der Waals surface area contributed by atoms with Crippen LogP contribution in [0.2, 0.25) is 0 Å². The molecule has 8 heteroatoms. The molecule has 0 bridgehead atoms. The number of nitrogens with one attached hydrogen (secondary N) is 1. The van der Waals surface area contributed by atoms with Gasteiger partial charge in [-0.1, -0.05) is 66.2 Å². The van der Waals surface area contributed by atoms with E-state index in [1.807, 2.05) is 95.3 Å². The van der Waals surface area contributed by atoms with Gasteiger partial charge in [0.15, 0.2) is 0 Å². The Bertz CT molecular complexity index is 1380. The topological polar surface area (TPSA) is 86.8 Å². The van der Waals surface area contributed by atoms with Crippen LogP contribution in [0.3, 0.4) is 0 Å². The Kier molecular flexibility index (Phi) is 9.92. The Labute approximate surface area is 232 Å². The monoisotopic (exact) mass is 549 g/mol. The van der Waals surface area contributed by atoms with E-state index in [2.05, 4.69) is 5.32 Å². The van der Waals surface area contributed by atoms with Gasteiger partial charge >= 0.3 is 0 Å². The number of rotatable bonds is 11. The summed E-state index contributed by atoms with van der Waals surface area (Å²) in [5.74, 6) is -0.743. The highest BCUT2D eigenvalue weighted by Crippen LogP contribution is 2.23. The van der Waals surface area contributed by atoms with Crippen molar-refractivity contribution < 1.29 is 18.0 Å². The van der Waals surface area contributed by atoms with Gasteiger partial charge in [0.1, 0.15) is 12.6 Å². The van der Waals surface area contributed by atoms with Crippen LogP contribution in [0.15, 0.2) is 72.8 Å². The molecule has 0 radical (unpaired) electrons. The second-order valence-corrected chi connectivity index (χ2v) is 12.4. The van der Waals surface area contributed by atoms with E-state index >= 15 is 0 Å². The molecule has 0 fully saturated rings. The molecule has 0 heterocycles. The van der Waals surface area contributed by atoms with Crippen LogP contribution in [0, 0.1) is 20.8 Å². The molecule has 0 saturated heterocycles. The molecule has 0 aliphatic carbocycles. The number of benzene rings is 3. The zero-order valence-electron chi connectivity index (χ0n) is 23.6. The molecule has 1 N–H and O–H groups in total. The molecule has 2 amide bonds. The quantitative estimate of drug-likeness (QED) is 0.380. The fourth-order valence-electron chi connectivity index (χ4n) is 4.65. The Morgan fingerprint density at radius 3 is 2.00 bits per heavy atom. The number of carbonyl (C=O) groups is 2. The molecule has 39 heavy (non-hydrogen) atoms. The van der Waals surface area contributed by atoms with Gasteiger partial charge in [0.25, 0.3) is 0 Å². The summed E-state index contributed by atoms with van der Waals surface area (Å²) in [6.45, 7) is 9.21. The van der Waals surface area contributed by atoms with E-state index in [1.165, 1.54) is 4.90 Å². The smallest absolute Gasteiger partial charge is 0.244 e. The van der Waals surface area contributed by atoms with Crippen LogP contribution < -0.4 is 9.62 Å². The minimum Gasteiger partial charge on any atom is -0.352 e. The molecular weight excluding hydrogens is 510 g/mol. The Morgan fingerprint density at radius 2 is 1.44 bits per heavy atom. The number of carbonyl (C=O) groups excluding carboxylic acids is 2. The van der Waals surface area contributed by atoms with Gasteiger partial charge in [0.05, 0.1) is 11.9 Å². The minimum absolute atomic E-state index is 0.130. The van der Waals surface area contributed by atoms with Gasteiger partial charge in [-0.05, 0) is 69.0 Å². The molecular formula is C31H39N3O4S. The van der Waals surface area contributed by atoms with Gasteiger partial charge < -0.3 is 10.2 Å². The molecule has 7 nitrogen and oxygen atoms in total. The van der Waals surface area contributed by atoms with Crippen molar-refractivity contribution in [2.24, 2.45) is 0 Å². The third-order valence-corrected chi connectivity index (χ3v) is 7.45. The molecule has 1 unspecified atom stereocenters. The van der Waals surface area contributed by atoms with Crippen LogP contribution in [0.1, 0.15) is 41.7 Å². The van der Waals surface area contributed by atoms with Crippen LogP contribution in [0.25, 0.3) is 0 Å². The SMILES string of the molecule is Cc1cccc(CN(C(=O)CN(c2cc(C)cc(C)c2)S(C)(=O)=O)C(Cc2ccccc2)C(=O)NC(C)C)c1. The third kappa shape index (κ3) is 8.68. The lowest BCUT2D eigenvalue weighted by Crippen LogP contribution is -2.54. The second kappa shape index (κ2) is 12.9. The zero-order chi connectivity index (χ0) is 28.7. The van der Waals surface area contributed by atoms with E-state index in [4.69, 9.17) is 0 Å². The Hall–Kier alpha value is -3.65. The fraction of sp³-hybridized carbons (Fsp3) is 0.355. The summed E-state index contributed by atoms with van der Waals surface area (Å²) in [6, 6.07) is 21.8. The number of hydrogen-bond donors (Lipinski definition) is 1. The summed E-state index contributed by atoms with van der Waals surface area (Å²) in [5, 5.41) is 2.96. The van der Waals surface area contributed by atoms with E-state index < -0.39 is 28.5 Å². The van der Waals surface area contributed by atoms with Gasteiger partial charge in [-0.25, -0.2) is 8.42 Å². The highest BCUT2D eigenvalue weighted by Gasteiger charge is 2.33. The highest BCUT2D eigenvalue weighted by molar-refractivity contribution is 7.92. The van der Waals surface area contributed by atoms with Crippen LogP contribution >= 0.6 is 0 Å². The van der Waals surface area contributed by atoms with E-state index in [0.717, 1.165) is 38.4 Å². The Morgan fingerprint density at radius 1 is 0.821 bits per heavy atom. The molecule has 0 aromatic heterocycles. The molecule has 0 spiro atoms. The summed E-state index contributed by atoms with van der Waals surface area (Å²) >= 11 is 0. The lowest BCUT2D eigenvalue weighted by molar-refractivity contribution is -0.140. The van der Waals surface area contributed by atoms with Gasteiger partial charge in [0.2, 0.25) is 21.8 Å². The molecule has 3 aromatic carbocycles. The predicted molar refractivity (Wildman–Crippen MR) is 157 cm³/mol. The van der Waals surface area contributed by atoms with E-state index in [0.29, 0.717) is 12.1 Å². The normalized spacial score (nSPS) is 12.2. The number of amides is 2. The summed E-state index contributed by atoms with van der Waals surface area (Å²) in [4.78, 5) is 29.2. The second-order valence-electron chi connectivity index (χ2n) is 10.5. The van der Waals surface area contributed by atoms with Gasteiger partial charge in [-0.15, -0.1) is 0 Å². The van der Waals surface area contributed by atoms with Crippen LogP contribution in [-0.4, -0.2) is 50.0 Å². The third-order valence-electron chi connectivity index (χ3n) is 6.31. The maximum atomic E-state index is 14.1. The molecule has 0 saturated carbocycles. The van der Waals surface area contributed by atoms with Crippen LogP contribution in [0.5, 0.6) is 0 Å². The van der Waals surface area contributed by atoms with Crippen molar-refractivity contribution in [3.8, 4) is 0 Å². The van der Waals surface area contributed by atoms with Crippen molar-refractivity contribution in [1.29, 1.82) is 0 Å². The van der Waals surface area contributed by atoms with Crippen molar-refractivity contribution in [1.82, 2.24) is 10.2 Å². The maximum absolute atomic E-state index is 14.1. The fourth-order valence-corrected chi connectivity index (χ4v) is 5.48. The number of aryl methyl sites for hydroxylation is 3. The average Bonchev–Trinajstić information content (AvgIpc) is 2.83. The predicted octanol–water partition coefficient (Wildman–Crippen LogP) is 4.54. The summed E-state index contributed by atoms with van der Waals surface area (Å²) in [7, 11) is -3.80. The number of hydrogen-bond acceptors (Lipinski definition) is 4. The van der Waals surface area contributed by atoms with Gasteiger partial charge in [-0.3, -0.25) is 13.9 Å². The largest absolute Gasteiger partial charge is 0.352 e. The van der Waals surface area contributed by atoms with Gasteiger partial charge in [0, 0.05) is 19.0 Å². The molecule has 0 aliphatic rings. The summed E-state index contributed by atoms with van der Waals surface area (Å²) in [6.07, 6.45) is 1.38. The van der Waals surface area contributed by atoms with E-state index in [9.17, 15) is 18.0 Å². The van der Waals surface area contributed by atoms with Crippen molar-refractivity contribution in [2.75, 3.05) is 17.1 Å². The van der Waals surface area contributed by atoms with Crippen LogP contribution in [0.4, 0.5) is 5.69 Å². The van der Waals surface area contributed by atoms with Crippen molar-refractivity contribution in [3.05, 3.63) is 101 Å². The first kappa shape index (κ1) is 29.9. The van der Waals surface area contributed by atoms with Crippen molar-refractivity contribution in [3.63, 3.8) is 0 Å². The lowest BCUT2D eigenvalue weighted by Gasteiger charge is -2.34. The summed E-state index contributed by atoms with van der Waals surface area (Å²) < 4.78 is 27.0. The number of nitrogens with zero attached hydrogens (tertiary/aromatic N) is 2. The first-order chi connectivity index (χ1) is 18.3. The van der Waals surface area contributed by atoms with Crippen molar-refractivity contribution in [2.45, 2.75) is 59.7 Å². The van der Waals surface area contributed by atoms with Crippen molar-refractivity contribution >= 4 is 27.5 Å². The van der Waals surface area contributed by atoms with E-state index in [-0.39, 0.29) is 18.5 Å². The Balaban J connectivity index is 2.07. The van der Waals surface area contributed by atoms with E-state index in [1.54, 1.807) is 12.1 Å². The average molecular weight is 550 g/mol. The molecule has 0 aliphatic heterocycles.